The third-order valence-corrected chi connectivity index (χ3v) is 4.06. The van der Waals surface area contributed by atoms with Crippen LogP contribution in [-0.2, 0) is 14.3 Å². The number of nitrogens with one attached hydrogen (secondary N) is 2. The van der Waals surface area contributed by atoms with Crippen LogP contribution in [0.15, 0.2) is 48.5 Å². The summed E-state index contributed by atoms with van der Waals surface area (Å²) >= 11 is 0. The maximum absolute atomic E-state index is 12.3. The van der Waals surface area contributed by atoms with Crippen LogP contribution in [0, 0.1) is 10.1 Å². The summed E-state index contributed by atoms with van der Waals surface area (Å²) in [5.41, 5.74) is -0.0707. The highest BCUT2D eigenvalue weighted by Gasteiger charge is 2.25. The number of esters is 1. The molecule has 0 heterocycles. The molecule has 2 aromatic rings. The van der Waals surface area contributed by atoms with E-state index in [1.807, 2.05) is 0 Å². The molecule has 2 N–H and O–H groups in total. The molecule has 0 saturated carbocycles. The summed E-state index contributed by atoms with van der Waals surface area (Å²) in [5, 5.41) is 16.0. The Hall–Kier alpha value is -3.95. The molecule has 2 rings (SSSR count). The van der Waals surface area contributed by atoms with Gasteiger partial charge in [0.15, 0.2) is 6.10 Å². The first-order valence-corrected chi connectivity index (χ1v) is 8.92. The number of nitrogens with zero attached hydrogens (tertiary/aromatic N) is 1. The summed E-state index contributed by atoms with van der Waals surface area (Å²) in [5.74, 6) is -1.81. The van der Waals surface area contributed by atoms with Gasteiger partial charge in [0.1, 0.15) is 17.5 Å². The van der Waals surface area contributed by atoms with Gasteiger partial charge in [0, 0.05) is 5.56 Å². The molecule has 0 aliphatic rings. The average molecular weight is 415 g/mol. The van der Waals surface area contributed by atoms with Gasteiger partial charge in [-0.2, -0.15) is 0 Å². The summed E-state index contributed by atoms with van der Waals surface area (Å²) in [7, 11) is 1.36. The van der Waals surface area contributed by atoms with Crippen molar-refractivity contribution in [3.8, 4) is 5.75 Å². The quantitative estimate of drug-likeness (QED) is 0.383. The van der Waals surface area contributed by atoms with Gasteiger partial charge in [-0.1, -0.05) is 18.2 Å². The van der Waals surface area contributed by atoms with Crippen molar-refractivity contribution < 1.29 is 28.8 Å². The highest BCUT2D eigenvalue weighted by atomic mass is 16.6. The highest BCUT2D eigenvalue weighted by Crippen LogP contribution is 2.29. The van der Waals surface area contributed by atoms with Crippen molar-refractivity contribution in [2.75, 3.05) is 12.4 Å². The van der Waals surface area contributed by atoms with Crippen molar-refractivity contribution in [3.05, 3.63) is 64.2 Å². The number of carbonyl (C=O) groups is 3. The molecule has 10 nitrogen and oxygen atoms in total. The molecule has 0 aromatic heterocycles. The molecule has 2 aromatic carbocycles. The summed E-state index contributed by atoms with van der Waals surface area (Å²) < 4.78 is 10.0. The number of amides is 2. The fourth-order valence-electron chi connectivity index (χ4n) is 2.39. The van der Waals surface area contributed by atoms with E-state index < -0.39 is 34.9 Å². The first kappa shape index (κ1) is 22.3. The number of methoxy groups -OCH3 is 1. The van der Waals surface area contributed by atoms with Gasteiger partial charge in [-0.25, -0.2) is 4.79 Å². The molecule has 0 aliphatic carbocycles. The van der Waals surface area contributed by atoms with E-state index in [4.69, 9.17) is 9.47 Å². The summed E-state index contributed by atoms with van der Waals surface area (Å²) in [4.78, 5) is 47.1. The molecule has 0 fully saturated rings. The minimum Gasteiger partial charge on any atom is -0.496 e. The van der Waals surface area contributed by atoms with Crippen LogP contribution in [-0.4, -0.2) is 42.0 Å². The van der Waals surface area contributed by atoms with Crippen LogP contribution in [0.4, 0.5) is 11.4 Å². The minimum atomic E-state index is -1.25. The lowest BCUT2D eigenvalue weighted by atomic mass is 10.2. The number of carbonyl (C=O) groups excluding carboxylic acids is 3. The van der Waals surface area contributed by atoms with Gasteiger partial charge in [-0.3, -0.25) is 19.7 Å². The van der Waals surface area contributed by atoms with E-state index in [9.17, 15) is 24.5 Å². The molecule has 0 bridgehead atoms. The monoisotopic (exact) mass is 415 g/mol. The fraction of sp³-hybridized carbons (Fsp3) is 0.250. The second-order valence-electron chi connectivity index (χ2n) is 6.27. The fourth-order valence-corrected chi connectivity index (χ4v) is 2.39. The lowest BCUT2D eigenvalue weighted by Crippen LogP contribution is -2.42. The second kappa shape index (κ2) is 10.0. The van der Waals surface area contributed by atoms with Gasteiger partial charge in [0.2, 0.25) is 0 Å². The summed E-state index contributed by atoms with van der Waals surface area (Å²) in [6, 6.07) is 11.2. The van der Waals surface area contributed by atoms with Gasteiger partial charge in [-0.15, -0.1) is 0 Å². The van der Waals surface area contributed by atoms with Gasteiger partial charge >= 0.3 is 5.97 Å². The van der Waals surface area contributed by atoms with Crippen molar-refractivity contribution in [1.29, 1.82) is 0 Å². The van der Waals surface area contributed by atoms with Crippen LogP contribution in [0.3, 0.4) is 0 Å². The van der Waals surface area contributed by atoms with Crippen LogP contribution >= 0.6 is 0 Å². The normalized spacial score (nSPS) is 12.2. The Kier molecular flexibility index (Phi) is 7.45. The first-order valence-electron chi connectivity index (χ1n) is 8.92. The molecule has 10 heteroatoms. The van der Waals surface area contributed by atoms with Crippen LogP contribution in [0.5, 0.6) is 5.75 Å². The maximum Gasteiger partial charge on any atom is 0.329 e. The molecular formula is C20H21N3O7. The standard InChI is InChI=1S/C20H21N3O7/c1-12(21-19(25)14-7-5-4-6-8-14)20(26)30-13(2)18(24)22-16-10-9-15(29-3)11-17(16)23(27)28/h4-13H,1-3H3,(H,21,25)(H,22,24)/t12-,13-/m0/s1. The van der Waals surface area contributed by atoms with Crippen molar-refractivity contribution in [3.63, 3.8) is 0 Å². The molecule has 2 amide bonds. The van der Waals surface area contributed by atoms with Gasteiger partial charge in [-0.05, 0) is 38.1 Å². The molecular weight excluding hydrogens is 394 g/mol. The maximum atomic E-state index is 12.3. The lowest BCUT2D eigenvalue weighted by Gasteiger charge is -2.17. The molecule has 0 saturated heterocycles. The van der Waals surface area contributed by atoms with E-state index in [0.717, 1.165) is 6.07 Å². The van der Waals surface area contributed by atoms with Crippen molar-refractivity contribution in [2.24, 2.45) is 0 Å². The smallest absolute Gasteiger partial charge is 0.329 e. The number of nitro benzene ring substituents is 1. The molecule has 0 radical (unpaired) electrons. The topological polar surface area (TPSA) is 137 Å². The molecule has 0 aliphatic heterocycles. The number of ether oxygens (including phenoxy) is 2. The third-order valence-electron chi connectivity index (χ3n) is 4.06. The molecule has 158 valence electrons. The van der Waals surface area contributed by atoms with E-state index in [1.165, 1.54) is 33.1 Å². The lowest BCUT2D eigenvalue weighted by molar-refractivity contribution is -0.384. The number of anilines is 1. The Balaban J connectivity index is 1.97. The highest BCUT2D eigenvalue weighted by molar-refractivity contribution is 5.99. The minimum absolute atomic E-state index is 0.0703. The Bertz CT molecular complexity index is 947. The van der Waals surface area contributed by atoms with Crippen molar-refractivity contribution >= 4 is 29.2 Å². The third kappa shape index (κ3) is 5.77. The van der Waals surface area contributed by atoms with Crippen molar-refractivity contribution in [2.45, 2.75) is 26.0 Å². The van der Waals surface area contributed by atoms with Gasteiger partial charge in [0.25, 0.3) is 17.5 Å². The van der Waals surface area contributed by atoms with Gasteiger partial charge in [0.05, 0.1) is 18.1 Å². The van der Waals surface area contributed by atoms with Crippen molar-refractivity contribution in [1.82, 2.24) is 5.32 Å². The van der Waals surface area contributed by atoms with Crippen LogP contribution in [0.1, 0.15) is 24.2 Å². The number of hydrogen-bond donors (Lipinski definition) is 2. The number of rotatable bonds is 8. The average Bonchev–Trinajstić information content (AvgIpc) is 2.74. The molecule has 0 spiro atoms. The Labute approximate surface area is 172 Å². The number of benzene rings is 2. The van der Waals surface area contributed by atoms with Crippen LogP contribution in [0.2, 0.25) is 0 Å². The zero-order valence-electron chi connectivity index (χ0n) is 16.6. The first-order chi connectivity index (χ1) is 14.2. The van der Waals surface area contributed by atoms with E-state index in [-0.39, 0.29) is 17.1 Å². The summed E-state index contributed by atoms with van der Waals surface area (Å²) in [6.07, 6.45) is -1.25. The molecule has 0 unspecified atom stereocenters. The Morgan fingerprint density at radius 2 is 1.73 bits per heavy atom. The zero-order chi connectivity index (χ0) is 22.3. The van der Waals surface area contributed by atoms with Gasteiger partial charge < -0.3 is 20.1 Å². The number of hydrogen-bond acceptors (Lipinski definition) is 7. The molecule has 2 atom stereocenters. The Morgan fingerprint density at radius 3 is 2.33 bits per heavy atom. The largest absolute Gasteiger partial charge is 0.496 e. The Morgan fingerprint density at radius 1 is 1.07 bits per heavy atom. The zero-order valence-corrected chi connectivity index (χ0v) is 16.6. The van der Waals surface area contributed by atoms with Crippen LogP contribution in [0.25, 0.3) is 0 Å². The SMILES string of the molecule is COc1ccc(NC(=O)[C@H](C)OC(=O)[C@H](C)NC(=O)c2ccccc2)c([N+](=O)[O-])c1. The predicted molar refractivity (Wildman–Crippen MR) is 107 cm³/mol. The number of nitro groups is 1. The second-order valence-corrected chi connectivity index (χ2v) is 6.27. The van der Waals surface area contributed by atoms with E-state index in [0.29, 0.717) is 5.56 Å². The van der Waals surface area contributed by atoms with E-state index in [1.54, 1.807) is 30.3 Å². The summed E-state index contributed by atoms with van der Waals surface area (Å²) in [6.45, 7) is 2.73. The predicted octanol–water partition coefficient (Wildman–Crippen LogP) is 2.29. The van der Waals surface area contributed by atoms with E-state index in [2.05, 4.69) is 10.6 Å². The van der Waals surface area contributed by atoms with Crippen LogP contribution < -0.4 is 15.4 Å². The molecule has 30 heavy (non-hydrogen) atoms. The van der Waals surface area contributed by atoms with E-state index >= 15 is 0 Å².